The lowest BCUT2D eigenvalue weighted by Gasteiger charge is -2.32. The van der Waals surface area contributed by atoms with Crippen LogP contribution in [0.4, 0.5) is 5.13 Å². The molecule has 1 fully saturated rings. The van der Waals surface area contributed by atoms with Gasteiger partial charge in [0.25, 0.3) is 0 Å². The molecule has 1 aromatic heterocycles. The zero-order valence-corrected chi connectivity index (χ0v) is 10.4. The molecule has 7 heteroatoms. The van der Waals surface area contributed by atoms with E-state index in [2.05, 4.69) is 15.5 Å². The van der Waals surface area contributed by atoms with Crippen molar-refractivity contribution in [2.24, 2.45) is 0 Å². The average molecular weight is 254 g/mol. The summed E-state index contributed by atoms with van der Waals surface area (Å²) in [4.78, 5) is 25.2. The van der Waals surface area contributed by atoms with E-state index in [0.717, 1.165) is 19.3 Å². The standard InChI is InChI=1S/C10H14N4O2S/c1-7-4-2-3-5-14(7)9(16)8(15)12-10-13-11-6-17-10/h6-7H,2-5H2,1H3,(H,12,13,15). The van der Waals surface area contributed by atoms with Crippen molar-refractivity contribution < 1.29 is 9.59 Å². The van der Waals surface area contributed by atoms with E-state index in [0.29, 0.717) is 11.7 Å². The van der Waals surface area contributed by atoms with Crippen LogP contribution in [0, 0.1) is 0 Å². The first-order chi connectivity index (χ1) is 8.18. The third kappa shape index (κ3) is 2.79. The number of carbonyl (C=O) groups is 2. The third-order valence-corrected chi connectivity index (χ3v) is 3.45. The van der Waals surface area contributed by atoms with Gasteiger partial charge in [-0.15, -0.1) is 10.2 Å². The molecule has 0 aromatic carbocycles. The van der Waals surface area contributed by atoms with Crippen LogP contribution in [0.1, 0.15) is 26.2 Å². The molecule has 2 amide bonds. The van der Waals surface area contributed by atoms with Crippen LogP contribution >= 0.6 is 11.3 Å². The predicted molar refractivity (Wildman–Crippen MR) is 63.6 cm³/mol. The zero-order chi connectivity index (χ0) is 12.3. The summed E-state index contributed by atoms with van der Waals surface area (Å²) in [7, 11) is 0. The third-order valence-electron chi connectivity index (χ3n) is 2.84. The smallest absolute Gasteiger partial charge is 0.315 e. The Morgan fingerprint density at radius 2 is 2.35 bits per heavy atom. The summed E-state index contributed by atoms with van der Waals surface area (Å²) in [6.45, 7) is 2.62. The normalized spacial score (nSPS) is 20.1. The van der Waals surface area contributed by atoms with Crippen LogP contribution in [0.2, 0.25) is 0 Å². The molecule has 1 N–H and O–H groups in total. The highest BCUT2D eigenvalue weighted by molar-refractivity contribution is 7.13. The summed E-state index contributed by atoms with van der Waals surface area (Å²) in [5.41, 5.74) is 1.50. The molecule has 0 radical (unpaired) electrons. The quantitative estimate of drug-likeness (QED) is 0.755. The molecule has 2 rings (SSSR count). The van der Waals surface area contributed by atoms with Crippen LogP contribution in [0.25, 0.3) is 0 Å². The second kappa shape index (κ2) is 5.22. The van der Waals surface area contributed by atoms with Crippen LogP contribution in [0.15, 0.2) is 5.51 Å². The molecule has 1 aliphatic heterocycles. The zero-order valence-electron chi connectivity index (χ0n) is 9.55. The van der Waals surface area contributed by atoms with E-state index in [1.54, 1.807) is 4.90 Å². The highest BCUT2D eigenvalue weighted by atomic mass is 32.1. The largest absolute Gasteiger partial charge is 0.332 e. The highest BCUT2D eigenvalue weighted by Crippen LogP contribution is 2.17. The van der Waals surface area contributed by atoms with E-state index in [9.17, 15) is 9.59 Å². The van der Waals surface area contributed by atoms with Crippen molar-refractivity contribution in [2.75, 3.05) is 11.9 Å². The van der Waals surface area contributed by atoms with Crippen LogP contribution in [-0.2, 0) is 9.59 Å². The van der Waals surface area contributed by atoms with Gasteiger partial charge < -0.3 is 4.90 Å². The molecule has 1 unspecified atom stereocenters. The van der Waals surface area contributed by atoms with Gasteiger partial charge >= 0.3 is 11.8 Å². The Bertz CT molecular complexity index is 406. The summed E-state index contributed by atoms with van der Waals surface area (Å²) in [5.74, 6) is -1.11. The fourth-order valence-electron chi connectivity index (χ4n) is 1.91. The maximum Gasteiger partial charge on any atom is 0.315 e. The van der Waals surface area contributed by atoms with Gasteiger partial charge in [0.05, 0.1) is 0 Å². The first-order valence-corrected chi connectivity index (χ1v) is 6.44. The SMILES string of the molecule is CC1CCCCN1C(=O)C(=O)Nc1nncs1. The molecule has 17 heavy (non-hydrogen) atoms. The van der Waals surface area contributed by atoms with Gasteiger partial charge in [0.1, 0.15) is 5.51 Å². The Kier molecular flexibility index (Phi) is 3.68. The molecule has 92 valence electrons. The molecule has 1 aliphatic rings. The van der Waals surface area contributed by atoms with Gasteiger partial charge in [0.15, 0.2) is 0 Å². The summed E-state index contributed by atoms with van der Waals surface area (Å²) < 4.78 is 0. The number of likely N-dealkylation sites (tertiary alicyclic amines) is 1. The summed E-state index contributed by atoms with van der Waals surface area (Å²) in [6.07, 6.45) is 3.03. The van der Waals surface area contributed by atoms with Crippen molar-refractivity contribution in [1.82, 2.24) is 15.1 Å². The van der Waals surface area contributed by atoms with Crippen molar-refractivity contribution in [3.8, 4) is 0 Å². The van der Waals surface area contributed by atoms with E-state index in [1.165, 1.54) is 16.8 Å². The number of anilines is 1. The molecule has 2 heterocycles. The molecule has 1 aromatic rings. The molecular weight excluding hydrogens is 240 g/mol. The Labute approximate surface area is 103 Å². The fraction of sp³-hybridized carbons (Fsp3) is 0.600. The van der Waals surface area contributed by atoms with Crippen molar-refractivity contribution in [3.63, 3.8) is 0 Å². The molecule has 6 nitrogen and oxygen atoms in total. The maximum atomic E-state index is 11.9. The number of piperidine rings is 1. The van der Waals surface area contributed by atoms with E-state index in [1.807, 2.05) is 6.92 Å². The van der Waals surface area contributed by atoms with Gasteiger partial charge in [-0.2, -0.15) is 0 Å². The highest BCUT2D eigenvalue weighted by Gasteiger charge is 2.28. The van der Waals surface area contributed by atoms with Crippen molar-refractivity contribution in [2.45, 2.75) is 32.2 Å². The Morgan fingerprint density at radius 3 is 3.00 bits per heavy atom. The Morgan fingerprint density at radius 1 is 1.53 bits per heavy atom. The number of nitrogens with zero attached hydrogens (tertiary/aromatic N) is 3. The molecule has 0 aliphatic carbocycles. The number of nitrogens with one attached hydrogen (secondary N) is 1. The lowest BCUT2D eigenvalue weighted by atomic mass is 10.0. The number of amides is 2. The van der Waals surface area contributed by atoms with E-state index in [4.69, 9.17) is 0 Å². The van der Waals surface area contributed by atoms with Gasteiger partial charge in [-0.05, 0) is 26.2 Å². The minimum absolute atomic E-state index is 0.136. The first kappa shape index (κ1) is 12.0. The van der Waals surface area contributed by atoms with Crippen LogP contribution in [0.3, 0.4) is 0 Å². The number of hydrogen-bond acceptors (Lipinski definition) is 5. The Balaban J connectivity index is 1.96. The number of aromatic nitrogens is 2. The van der Waals surface area contributed by atoms with Crippen molar-refractivity contribution in [1.29, 1.82) is 0 Å². The number of rotatable bonds is 1. The minimum Gasteiger partial charge on any atom is -0.332 e. The van der Waals surface area contributed by atoms with Crippen LogP contribution < -0.4 is 5.32 Å². The van der Waals surface area contributed by atoms with E-state index < -0.39 is 11.8 Å². The number of carbonyl (C=O) groups excluding carboxylic acids is 2. The Hall–Kier alpha value is -1.50. The topological polar surface area (TPSA) is 75.2 Å². The molecule has 0 saturated carbocycles. The molecular formula is C10H14N4O2S. The molecule has 0 spiro atoms. The van der Waals surface area contributed by atoms with Gasteiger partial charge in [0, 0.05) is 12.6 Å². The summed E-state index contributed by atoms with van der Waals surface area (Å²) in [5, 5.41) is 10.1. The van der Waals surface area contributed by atoms with Gasteiger partial charge in [-0.1, -0.05) is 11.3 Å². The summed E-state index contributed by atoms with van der Waals surface area (Å²) >= 11 is 1.19. The van der Waals surface area contributed by atoms with Crippen molar-refractivity contribution in [3.05, 3.63) is 5.51 Å². The maximum absolute atomic E-state index is 11.9. The lowest BCUT2D eigenvalue weighted by molar-refractivity contribution is -0.145. The van der Waals surface area contributed by atoms with E-state index in [-0.39, 0.29) is 6.04 Å². The van der Waals surface area contributed by atoms with Gasteiger partial charge in [0.2, 0.25) is 5.13 Å². The second-order valence-corrected chi connectivity index (χ2v) is 4.87. The van der Waals surface area contributed by atoms with Crippen LogP contribution in [-0.4, -0.2) is 39.5 Å². The second-order valence-electron chi connectivity index (χ2n) is 4.04. The fourth-order valence-corrected chi connectivity index (χ4v) is 2.35. The summed E-state index contributed by atoms with van der Waals surface area (Å²) in [6, 6.07) is 0.136. The molecule has 0 bridgehead atoms. The number of hydrogen-bond donors (Lipinski definition) is 1. The molecule has 1 saturated heterocycles. The first-order valence-electron chi connectivity index (χ1n) is 5.56. The monoisotopic (exact) mass is 254 g/mol. The van der Waals surface area contributed by atoms with E-state index >= 15 is 0 Å². The van der Waals surface area contributed by atoms with Crippen LogP contribution in [0.5, 0.6) is 0 Å². The molecule has 1 atom stereocenters. The van der Waals surface area contributed by atoms with Crippen molar-refractivity contribution >= 4 is 28.3 Å². The predicted octanol–water partition coefficient (Wildman–Crippen LogP) is 0.878. The van der Waals surface area contributed by atoms with Gasteiger partial charge in [-0.3, -0.25) is 14.9 Å². The minimum atomic E-state index is -0.629. The lowest BCUT2D eigenvalue weighted by Crippen LogP contribution is -2.47. The average Bonchev–Trinajstić information content (AvgIpc) is 2.81. The van der Waals surface area contributed by atoms with Gasteiger partial charge in [-0.25, -0.2) is 0 Å².